The van der Waals surface area contributed by atoms with E-state index in [4.69, 9.17) is 4.55 Å². The van der Waals surface area contributed by atoms with Gasteiger partial charge >= 0.3 is 3.85 Å². The van der Waals surface area contributed by atoms with E-state index in [1.54, 1.807) is 0 Å². The summed E-state index contributed by atoms with van der Waals surface area (Å²) in [6.45, 7) is 0. The van der Waals surface area contributed by atoms with Gasteiger partial charge in [0.2, 0.25) is 0 Å². The lowest BCUT2D eigenvalue weighted by Gasteiger charge is -2.00. The molecule has 1 N–H and O–H groups in total. The zero-order valence-electron chi connectivity index (χ0n) is 5.90. The average Bonchev–Trinajstić information content (AvgIpc) is 2.06. The smallest absolute Gasteiger partial charge is 0.320 e. The number of hydrogen-bond acceptors (Lipinski definition) is 2. The summed E-state index contributed by atoms with van der Waals surface area (Å²) in [5, 5.41) is 0. The van der Waals surface area contributed by atoms with E-state index in [0.29, 0.717) is 0 Å². The highest BCUT2D eigenvalue weighted by Gasteiger charge is 2.09. The maximum atomic E-state index is 8.71. The van der Waals surface area contributed by atoms with Crippen LogP contribution in [0, 0.1) is 0 Å². The predicted molar refractivity (Wildman–Crippen MR) is 60.1 cm³/mol. The lowest BCUT2D eigenvalue weighted by Crippen LogP contribution is -2.01. The third-order valence-electron chi connectivity index (χ3n) is 1.35. The fourth-order valence-corrected chi connectivity index (χ4v) is 1.61. The second-order valence-electron chi connectivity index (χ2n) is 2.21. The summed E-state index contributed by atoms with van der Waals surface area (Å²) in [5.41, 5.74) is 1.27. The van der Waals surface area contributed by atoms with Crippen molar-refractivity contribution in [1.29, 1.82) is 0 Å². The fraction of sp³-hybridized carbons (Fsp3) is 0.143. The molecule has 0 saturated heterocycles. The third kappa shape index (κ3) is 3.49. The van der Waals surface area contributed by atoms with Crippen molar-refractivity contribution in [2.45, 2.75) is 6.32 Å². The van der Waals surface area contributed by atoms with Crippen molar-refractivity contribution in [1.82, 2.24) is 0 Å². The Morgan fingerprint density at radius 1 is 1.36 bits per heavy atom. The SMILES string of the molecule is OSB(I)Cc1ccccc1. The van der Waals surface area contributed by atoms with E-state index in [0.717, 1.165) is 18.2 Å². The molecule has 1 nitrogen and oxygen atoms in total. The van der Waals surface area contributed by atoms with E-state index in [1.807, 2.05) is 18.2 Å². The molecule has 1 rings (SSSR count). The largest absolute Gasteiger partial charge is 0.341 e. The van der Waals surface area contributed by atoms with E-state index < -0.39 is 0 Å². The molecule has 0 aliphatic rings. The van der Waals surface area contributed by atoms with Crippen LogP contribution in [0.5, 0.6) is 0 Å². The van der Waals surface area contributed by atoms with Gasteiger partial charge in [0.25, 0.3) is 0 Å². The molecular weight excluding hydrogens is 270 g/mol. The van der Waals surface area contributed by atoms with E-state index in [2.05, 4.69) is 34.5 Å². The van der Waals surface area contributed by atoms with Crippen molar-refractivity contribution < 1.29 is 4.55 Å². The van der Waals surface area contributed by atoms with Gasteiger partial charge in [0.05, 0.1) is 0 Å². The standard InChI is InChI=1S/C7H8BIOS/c9-8(11-10)6-7-4-2-1-3-5-7/h1-5,10H,6H2. The predicted octanol–water partition coefficient (Wildman–Crippen LogP) is 2.90. The van der Waals surface area contributed by atoms with Crippen LogP contribution in [-0.2, 0) is 6.32 Å². The molecule has 0 fully saturated rings. The molecule has 1 aromatic carbocycles. The van der Waals surface area contributed by atoms with Crippen LogP contribution in [0.3, 0.4) is 0 Å². The van der Waals surface area contributed by atoms with Gasteiger partial charge in [0.1, 0.15) is 0 Å². The van der Waals surface area contributed by atoms with Crippen molar-refractivity contribution in [3.63, 3.8) is 0 Å². The average molecular weight is 278 g/mol. The second kappa shape index (κ2) is 5.06. The van der Waals surface area contributed by atoms with Crippen molar-refractivity contribution in [3.05, 3.63) is 35.9 Å². The van der Waals surface area contributed by atoms with Crippen LogP contribution in [0.1, 0.15) is 5.56 Å². The van der Waals surface area contributed by atoms with E-state index in [-0.39, 0.29) is 3.85 Å². The van der Waals surface area contributed by atoms with Crippen LogP contribution in [0.4, 0.5) is 0 Å². The first kappa shape index (κ1) is 9.41. The van der Waals surface area contributed by atoms with Gasteiger partial charge in [-0.15, -0.1) is 22.4 Å². The van der Waals surface area contributed by atoms with Gasteiger partial charge in [0, 0.05) is 0 Å². The number of halogens is 1. The Bertz CT molecular complexity index is 207. The molecule has 0 aromatic heterocycles. The Hall–Kier alpha value is 0.325. The molecular formula is C7H8BIOS. The number of hydrogen-bond donors (Lipinski definition) is 1. The first-order valence-corrected chi connectivity index (χ1v) is 5.39. The van der Waals surface area contributed by atoms with Crippen LogP contribution >= 0.6 is 34.3 Å². The van der Waals surface area contributed by atoms with Gasteiger partial charge in [-0.25, -0.2) is 0 Å². The molecule has 0 spiro atoms. The summed E-state index contributed by atoms with van der Waals surface area (Å²) in [4.78, 5) is 0. The van der Waals surface area contributed by atoms with Gasteiger partial charge in [-0.2, -0.15) is 0 Å². The monoisotopic (exact) mass is 278 g/mol. The van der Waals surface area contributed by atoms with Crippen LogP contribution in [-0.4, -0.2) is 8.40 Å². The van der Waals surface area contributed by atoms with Gasteiger partial charge in [-0.05, 0) is 6.32 Å². The summed E-state index contributed by atoms with van der Waals surface area (Å²) in [6.07, 6.45) is 0.919. The van der Waals surface area contributed by atoms with Crippen molar-refractivity contribution in [2.24, 2.45) is 0 Å². The highest BCUT2D eigenvalue weighted by molar-refractivity contribution is 14.1. The van der Waals surface area contributed by atoms with Gasteiger partial charge in [0.15, 0.2) is 0 Å². The molecule has 4 heteroatoms. The van der Waals surface area contributed by atoms with Crippen LogP contribution in [0.25, 0.3) is 0 Å². The Balaban J connectivity index is 2.51. The van der Waals surface area contributed by atoms with E-state index in [9.17, 15) is 0 Å². The zero-order chi connectivity index (χ0) is 8.10. The summed E-state index contributed by atoms with van der Waals surface area (Å²) in [5.74, 6) is 0. The molecule has 0 unspecified atom stereocenters. The van der Waals surface area contributed by atoms with Crippen LogP contribution in [0.15, 0.2) is 30.3 Å². The van der Waals surface area contributed by atoms with E-state index in [1.165, 1.54) is 5.56 Å². The lowest BCUT2D eigenvalue weighted by molar-refractivity contribution is 0.674. The molecule has 0 aliphatic heterocycles. The molecule has 0 amide bonds. The molecule has 0 heterocycles. The molecule has 1 aromatic rings. The summed E-state index contributed by atoms with van der Waals surface area (Å²) in [7, 11) is 0. The minimum Gasteiger partial charge on any atom is -0.341 e. The number of benzene rings is 1. The van der Waals surface area contributed by atoms with Crippen LogP contribution in [0.2, 0.25) is 0 Å². The Morgan fingerprint density at radius 2 is 2.00 bits per heavy atom. The zero-order valence-corrected chi connectivity index (χ0v) is 8.88. The highest BCUT2D eigenvalue weighted by Crippen LogP contribution is 2.14. The topological polar surface area (TPSA) is 20.2 Å². The minimum atomic E-state index is 0.259. The molecule has 0 radical (unpaired) electrons. The maximum absolute atomic E-state index is 8.71. The molecule has 58 valence electrons. The third-order valence-corrected chi connectivity index (χ3v) is 2.87. The fourth-order valence-electron chi connectivity index (χ4n) is 0.837. The quantitative estimate of drug-likeness (QED) is 0.521. The van der Waals surface area contributed by atoms with Crippen LogP contribution < -0.4 is 0 Å². The Labute approximate surface area is 84.6 Å². The minimum absolute atomic E-state index is 0.259. The normalized spacial score (nSPS) is 9.64. The van der Waals surface area contributed by atoms with Gasteiger partial charge < -0.3 is 4.55 Å². The van der Waals surface area contributed by atoms with Gasteiger partial charge in [-0.3, -0.25) is 0 Å². The Morgan fingerprint density at radius 3 is 2.55 bits per heavy atom. The summed E-state index contributed by atoms with van der Waals surface area (Å²) < 4.78 is 8.96. The Kier molecular flexibility index (Phi) is 4.33. The van der Waals surface area contributed by atoms with Gasteiger partial charge in [-0.1, -0.05) is 47.8 Å². The van der Waals surface area contributed by atoms with Crippen molar-refractivity contribution >= 4 is 38.1 Å². The van der Waals surface area contributed by atoms with Crippen molar-refractivity contribution in [2.75, 3.05) is 0 Å². The summed E-state index contributed by atoms with van der Waals surface area (Å²) in [6, 6.07) is 10.2. The molecule has 0 aliphatic carbocycles. The molecule has 0 bridgehead atoms. The first-order valence-electron chi connectivity index (χ1n) is 3.31. The second-order valence-corrected chi connectivity index (χ2v) is 5.33. The van der Waals surface area contributed by atoms with Crippen molar-refractivity contribution in [3.8, 4) is 0 Å². The molecule has 0 saturated carbocycles. The van der Waals surface area contributed by atoms with E-state index >= 15 is 0 Å². The molecule has 0 atom stereocenters. The lowest BCUT2D eigenvalue weighted by atomic mass is 9.95. The first-order chi connectivity index (χ1) is 5.33. The maximum Gasteiger partial charge on any atom is 0.320 e. The molecule has 11 heavy (non-hydrogen) atoms. The number of rotatable bonds is 3. The summed E-state index contributed by atoms with van der Waals surface area (Å²) >= 11 is 3.13. The highest BCUT2D eigenvalue weighted by atomic mass is 127.